The van der Waals surface area contributed by atoms with Crippen LogP contribution < -0.4 is 15.4 Å². The van der Waals surface area contributed by atoms with Crippen LogP contribution in [0.2, 0.25) is 5.02 Å². The van der Waals surface area contributed by atoms with Gasteiger partial charge in [0.25, 0.3) is 0 Å². The molecule has 1 aliphatic carbocycles. The number of methoxy groups -OCH3 is 1. The molecule has 120 valence electrons. The molecule has 0 atom stereocenters. The molecule has 2 rings (SSSR count). The summed E-state index contributed by atoms with van der Waals surface area (Å²) < 4.78 is 5.22. The van der Waals surface area contributed by atoms with Gasteiger partial charge in [0.05, 0.1) is 12.8 Å². The molecule has 2 N–H and O–H groups in total. The van der Waals surface area contributed by atoms with Crippen LogP contribution in [-0.2, 0) is 9.59 Å². The third kappa shape index (κ3) is 4.63. The van der Waals surface area contributed by atoms with E-state index in [4.69, 9.17) is 16.3 Å². The first-order valence-electron chi connectivity index (χ1n) is 7.43. The van der Waals surface area contributed by atoms with Gasteiger partial charge in [0, 0.05) is 30.0 Å². The molecule has 22 heavy (non-hydrogen) atoms. The normalized spacial score (nSPS) is 13.6. The molecule has 0 bridgehead atoms. The van der Waals surface area contributed by atoms with E-state index in [-0.39, 0.29) is 17.7 Å². The fourth-order valence-corrected chi connectivity index (χ4v) is 2.25. The third-order valence-corrected chi connectivity index (χ3v) is 3.99. The summed E-state index contributed by atoms with van der Waals surface area (Å²) in [6.45, 7) is 2.39. The lowest BCUT2D eigenvalue weighted by atomic mass is 10.2. The van der Waals surface area contributed by atoms with Crippen molar-refractivity contribution in [1.29, 1.82) is 0 Å². The highest BCUT2D eigenvalue weighted by atomic mass is 35.5. The topological polar surface area (TPSA) is 67.4 Å². The quantitative estimate of drug-likeness (QED) is 0.758. The van der Waals surface area contributed by atoms with Crippen LogP contribution in [0.4, 0.5) is 5.69 Å². The van der Waals surface area contributed by atoms with Gasteiger partial charge in [-0.25, -0.2) is 0 Å². The summed E-state index contributed by atoms with van der Waals surface area (Å²) in [6, 6.07) is 3.47. The van der Waals surface area contributed by atoms with E-state index in [2.05, 4.69) is 10.6 Å². The second-order valence-corrected chi connectivity index (χ2v) is 5.93. The van der Waals surface area contributed by atoms with Gasteiger partial charge in [-0.1, -0.05) is 11.6 Å². The standard InChI is InChI=1S/C16H21ClN2O3/c1-10-8-13(14(22-2)9-12(10)17)19-15(20)4-3-7-18-16(21)11-5-6-11/h8-9,11H,3-7H2,1-2H3,(H,18,21)(H,19,20). The highest BCUT2D eigenvalue weighted by Gasteiger charge is 2.28. The van der Waals surface area contributed by atoms with Crippen LogP contribution in [0.15, 0.2) is 12.1 Å². The van der Waals surface area contributed by atoms with Crippen molar-refractivity contribution in [3.8, 4) is 5.75 Å². The zero-order valence-electron chi connectivity index (χ0n) is 12.9. The number of hydrogen-bond acceptors (Lipinski definition) is 3. The van der Waals surface area contributed by atoms with E-state index < -0.39 is 0 Å². The Balaban J connectivity index is 1.78. The largest absolute Gasteiger partial charge is 0.495 e. The lowest BCUT2D eigenvalue weighted by Gasteiger charge is -2.12. The molecule has 0 saturated heterocycles. The van der Waals surface area contributed by atoms with E-state index >= 15 is 0 Å². The van der Waals surface area contributed by atoms with Gasteiger partial charge in [0.15, 0.2) is 0 Å². The van der Waals surface area contributed by atoms with Gasteiger partial charge in [-0.2, -0.15) is 0 Å². The fraction of sp³-hybridized carbons (Fsp3) is 0.500. The maximum Gasteiger partial charge on any atom is 0.224 e. The molecule has 5 nitrogen and oxygen atoms in total. The van der Waals surface area contributed by atoms with Crippen molar-refractivity contribution in [2.24, 2.45) is 5.92 Å². The Morgan fingerprint density at radius 3 is 2.73 bits per heavy atom. The monoisotopic (exact) mass is 324 g/mol. The number of carbonyl (C=O) groups is 2. The van der Waals surface area contributed by atoms with Gasteiger partial charge in [0.2, 0.25) is 11.8 Å². The Bertz CT molecular complexity index is 571. The highest BCUT2D eigenvalue weighted by molar-refractivity contribution is 6.31. The van der Waals surface area contributed by atoms with E-state index in [0.717, 1.165) is 18.4 Å². The number of carbonyl (C=O) groups excluding carboxylic acids is 2. The van der Waals surface area contributed by atoms with Gasteiger partial charge in [-0.05, 0) is 37.8 Å². The Labute approximate surface area is 135 Å². The van der Waals surface area contributed by atoms with Crippen LogP contribution in [0.5, 0.6) is 5.75 Å². The molecule has 1 aromatic carbocycles. The number of nitrogens with one attached hydrogen (secondary N) is 2. The molecule has 0 spiro atoms. The number of benzene rings is 1. The molecule has 1 aliphatic rings. The SMILES string of the molecule is COc1cc(Cl)c(C)cc1NC(=O)CCCNC(=O)C1CC1. The number of ether oxygens (including phenoxy) is 1. The number of anilines is 1. The van der Waals surface area contributed by atoms with Crippen molar-refractivity contribution in [2.75, 3.05) is 19.0 Å². The molecular formula is C16H21ClN2O3. The number of aryl methyl sites for hydroxylation is 1. The van der Waals surface area contributed by atoms with Crippen LogP contribution in [0.1, 0.15) is 31.2 Å². The Morgan fingerprint density at radius 2 is 2.09 bits per heavy atom. The molecule has 6 heteroatoms. The van der Waals surface area contributed by atoms with Gasteiger partial charge in [0.1, 0.15) is 5.75 Å². The van der Waals surface area contributed by atoms with E-state index in [1.807, 2.05) is 6.92 Å². The predicted molar refractivity (Wildman–Crippen MR) is 86.3 cm³/mol. The smallest absolute Gasteiger partial charge is 0.224 e. The molecular weight excluding hydrogens is 304 g/mol. The number of halogens is 1. The molecule has 2 amide bonds. The van der Waals surface area contributed by atoms with Crippen LogP contribution in [0.3, 0.4) is 0 Å². The fourth-order valence-electron chi connectivity index (χ4n) is 2.09. The summed E-state index contributed by atoms with van der Waals surface area (Å²) in [5.41, 5.74) is 1.48. The molecule has 0 unspecified atom stereocenters. The zero-order valence-corrected chi connectivity index (χ0v) is 13.6. The average Bonchev–Trinajstić information content (AvgIpc) is 3.31. The maximum atomic E-state index is 12.0. The van der Waals surface area contributed by atoms with Crippen molar-refractivity contribution in [3.05, 3.63) is 22.7 Å². The molecule has 0 radical (unpaired) electrons. The van der Waals surface area contributed by atoms with Crippen molar-refractivity contribution in [3.63, 3.8) is 0 Å². The number of amides is 2. The summed E-state index contributed by atoms with van der Waals surface area (Å²) in [6.07, 6.45) is 2.93. The van der Waals surface area contributed by atoms with Crippen molar-refractivity contribution >= 4 is 29.1 Å². The molecule has 0 heterocycles. The average molecular weight is 325 g/mol. The minimum Gasteiger partial charge on any atom is -0.495 e. The van der Waals surface area contributed by atoms with Gasteiger partial charge in [-0.15, -0.1) is 0 Å². The lowest BCUT2D eigenvalue weighted by molar-refractivity contribution is -0.122. The van der Waals surface area contributed by atoms with E-state index in [0.29, 0.717) is 35.8 Å². The first kappa shape index (κ1) is 16.6. The molecule has 1 fully saturated rings. The van der Waals surface area contributed by atoms with Gasteiger partial charge in [-0.3, -0.25) is 9.59 Å². The Hall–Kier alpha value is -1.75. The van der Waals surface area contributed by atoms with Crippen LogP contribution in [0.25, 0.3) is 0 Å². The minimum absolute atomic E-state index is 0.107. The van der Waals surface area contributed by atoms with Crippen molar-refractivity contribution in [2.45, 2.75) is 32.6 Å². The zero-order chi connectivity index (χ0) is 16.1. The van der Waals surface area contributed by atoms with Crippen LogP contribution in [-0.4, -0.2) is 25.5 Å². The highest BCUT2D eigenvalue weighted by Crippen LogP contribution is 2.31. The number of hydrogen-bond donors (Lipinski definition) is 2. The Kier molecular flexibility index (Phi) is 5.66. The van der Waals surface area contributed by atoms with Crippen LogP contribution >= 0.6 is 11.6 Å². The van der Waals surface area contributed by atoms with E-state index in [1.165, 1.54) is 7.11 Å². The summed E-state index contributed by atoms with van der Waals surface area (Å²) >= 11 is 6.03. The van der Waals surface area contributed by atoms with Gasteiger partial charge < -0.3 is 15.4 Å². The second kappa shape index (κ2) is 7.49. The molecule has 1 saturated carbocycles. The lowest BCUT2D eigenvalue weighted by Crippen LogP contribution is -2.26. The summed E-state index contributed by atoms with van der Waals surface area (Å²) in [7, 11) is 1.53. The number of rotatable bonds is 7. The Morgan fingerprint density at radius 1 is 1.36 bits per heavy atom. The van der Waals surface area contributed by atoms with E-state index in [1.54, 1.807) is 12.1 Å². The molecule has 0 aliphatic heterocycles. The first-order valence-corrected chi connectivity index (χ1v) is 7.80. The van der Waals surface area contributed by atoms with Crippen LogP contribution in [0, 0.1) is 12.8 Å². The first-order chi connectivity index (χ1) is 10.5. The maximum absolute atomic E-state index is 12.0. The van der Waals surface area contributed by atoms with E-state index in [9.17, 15) is 9.59 Å². The summed E-state index contributed by atoms with van der Waals surface area (Å²) in [5, 5.41) is 6.25. The minimum atomic E-state index is -0.110. The summed E-state index contributed by atoms with van der Waals surface area (Å²) in [5.74, 6) is 0.734. The third-order valence-electron chi connectivity index (χ3n) is 3.58. The molecule has 0 aromatic heterocycles. The van der Waals surface area contributed by atoms with Crippen molar-refractivity contribution < 1.29 is 14.3 Å². The van der Waals surface area contributed by atoms with Crippen molar-refractivity contribution in [1.82, 2.24) is 5.32 Å². The molecule has 1 aromatic rings. The second-order valence-electron chi connectivity index (χ2n) is 5.52. The summed E-state index contributed by atoms with van der Waals surface area (Å²) in [4.78, 5) is 23.4. The van der Waals surface area contributed by atoms with Gasteiger partial charge >= 0.3 is 0 Å². The predicted octanol–water partition coefficient (Wildman–Crippen LogP) is 2.90.